The van der Waals surface area contributed by atoms with E-state index >= 15 is 0 Å². The van der Waals surface area contributed by atoms with Crippen molar-refractivity contribution in [3.05, 3.63) is 23.1 Å². The number of carbonyl (C=O) groups excluding carboxylic acids is 1. The van der Waals surface area contributed by atoms with Gasteiger partial charge in [0.15, 0.2) is 11.4 Å². The van der Waals surface area contributed by atoms with E-state index in [1.165, 1.54) is 6.20 Å². The number of fused-ring (bicyclic) bond motifs is 1. The van der Waals surface area contributed by atoms with Crippen molar-refractivity contribution in [1.29, 1.82) is 0 Å². The molecule has 2 aromatic rings. The molecular weight excluding hydrogens is 190 g/mol. The van der Waals surface area contributed by atoms with Gasteiger partial charge in [0.1, 0.15) is 0 Å². The smallest absolute Gasteiger partial charge is 0.160 e. The maximum absolute atomic E-state index is 10.7. The van der Waals surface area contributed by atoms with E-state index in [0.29, 0.717) is 16.1 Å². The van der Waals surface area contributed by atoms with Gasteiger partial charge in [0.25, 0.3) is 0 Å². The second kappa shape index (κ2) is 2.81. The molecule has 0 saturated heterocycles. The van der Waals surface area contributed by atoms with Crippen molar-refractivity contribution in [2.45, 2.75) is 0 Å². The molecule has 66 valence electrons. The first kappa shape index (κ1) is 8.19. The molecule has 0 fully saturated rings. The van der Waals surface area contributed by atoms with Crippen LogP contribution in [0.15, 0.2) is 12.4 Å². The van der Waals surface area contributed by atoms with Crippen LogP contribution in [0.5, 0.6) is 0 Å². The summed E-state index contributed by atoms with van der Waals surface area (Å²) in [6.45, 7) is 0. The lowest BCUT2D eigenvalue weighted by Gasteiger charge is -1.95. The maximum atomic E-state index is 10.7. The molecule has 2 heterocycles. The van der Waals surface area contributed by atoms with Crippen molar-refractivity contribution in [3.8, 4) is 0 Å². The Morgan fingerprint density at radius 1 is 1.54 bits per heavy atom. The lowest BCUT2D eigenvalue weighted by molar-refractivity contribution is 0.112. The predicted octanol–water partition coefficient (Wildman–Crippen LogP) is 1.43. The van der Waals surface area contributed by atoms with E-state index in [9.17, 15) is 4.79 Å². The quantitative estimate of drug-likeness (QED) is 0.647. The highest BCUT2D eigenvalue weighted by Crippen LogP contribution is 2.22. The van der Waals surface area contributed by atoms with Gasteiger partial charge in [-0.2, -0.15) is 5.10 Å². The third kappa shape index (κ3) is 1.10. The maximum Gasteiger partial charge on any atom is 0.160 e. The van der Waals surface area contributed by atoms with Crippen LogP contribution in [0, 0.1) is 0 Å². The third-order valence-electron chi connectivity index (χ3n) is 1.86. The van der Waals surface area contributed by atoms with Crippen LogP contribution in [0.3, 0.4) is 0 Å². The molecule has 0 N–H and O–H groups in total. The molecular formula is C8H6ClN3O. The minimum Gasteiger partial charge on any atom is -0.298 e. The molecule has 0 radical (unpaired) electrons. The molecule has 2 aromatic heterocycles. The largest absolute Gasteiger partial charge is 0.298 e. The fourth-order valence-electron chi connectivity index (χ4n) is 1.30. The van der Waals surface area contributed by atoms with E-state index in [2.05, 4.69) is 10.1 Å². The summed E-state index contributed by atoms with van der Waals surface area (Å²) in [5, 5.41) is 5.05. The average molecular weight is 196 g/mol. The summed E-state index contributed by atoms with van der Waals surface area (Å²) in [5.41, 5.74) is 1.22. The van der Waals surface area contributed by atoms with Gasteiger partial charge in [-0.25, -0.2) is 0 Å². The standard InChI is InChI=1S/C8H6ClN3O/c1-12-7-5(4-13)2-10-3-6(7)8(9)11-12/h2-4H,1H3. The van der Waals surface area contributed by atoms with E-state index in [-0.39, 0.29) is 0 Å². The Morgan fingerprint density at radius 2 is 2.31 bits per heavy atom. The number of halogens is 1. The summed E-state index contributed by atoms with van der Waals surface area (Å²) in [5.74, 6) is 0. The first-order valence-corrected chi connectivity index (χ1v) is 4.03. The Hall–Kier alpha value is -1.42. The molecule has 0 atom stereocenters. The van der Waals surface area contributed by atoms with E-state index < -0.39 is 0 Å². The highest BCUT2D eigenvalue weighted by molar-refractivity contribution is 6.34. The van der Waals surface area contributed by atoms with Gasteiger partial charge in [-0.3, -0.25) is 14.5 Å². The number of hydrogen-bond acceptors (Lipinski definition) is 3. The SMILES string of the molecule is Cn1nc(Cl)c2cncc(C=O)c21. The van der Waals surface area contributed by atoms with Crippen LogP contribution in [0.25, 0.3) is 10.9 Å². The number of rotatable bonds is 1. The zero-order chi connectivity index (χ0) is 9.42. The number of hydrogen-bond donors (Lipinski definition) is 0. The molecule has 0 saturated carbocycles. The van der Waals surface area contributed by atoms with Crippen molar-refractivity contribution < 1.29 is 4.79 Å². The second-order valence-corrected chi connectivity index (χ2v) is 3.02. The van der Waals surface area contributed by atoms with Crippen LogP contribution in [-0.4, -0.2) is 21.1 Å². The van der Waals surface area contributed by atoms with Crippen LogP contribution in [0.2, 0.25) is 5.15 Å². The molecule has 0 amide bonds. The Kier molecular flexibility index (Phi) is 1.77. The number of carbonyl (C=O) groups is 1. The Balaban J connectivity index is 2.96. The second-order valence-electron chi connectivity index (χ2n) is 2.66. The van der Waals surface area contributed by atoms with Crippen LogP contribution in [-0.2, 0) is 7.05 Å². The van der Waals surface area contributed by atoms with Gasteiger partial charge in [0, 0.05) is 19.4 Å². The summed E-state index contributed by atoms with van der Waals surface area (Å²) < 4.78 is 1.57. The molecule has 0 bridgehead atoms. The number of aromatic nitrogens is 3. The Bertz CT molecular complexity index is 477. The van der Waals surface area contributed by atoms with Crippen LogP contribution < -0.4 is 0 Å². The Labute approximate surface area is 79.1 Å². The van der Waals surface area contributed by atoms with Gasteiger partial charge in [-0.15, -0.1) is 0 Å². The van der Waals surface area contributed by atoms with Crippen LogP contribution in [0.1, 0.15) is 10.4 Å². The summed E-state index contributed by atoms with van der Waals surface area (Å²) in [6.07, 6.45) is 3.83. The molecule has 0 aromatic carbocycles. The van der Waals surface area contributed by atoms with Gasteiger partial charge in [-0.05, 0) is 0 Å². The molecule has 0 aliphatic heterocycles. The summed E-state index contributed by atoms with van der Waals surface area (Å²) in [7, 11) is 1.74. The van der Waals surface area contributed by atoms with Crippen LogP contribution in [0.4, 0.5) is 0 Å². The summed E-state index contributed by atoms with van der Waals surface area (Å²) in [6, 6.07) is 0. The number of aldehydes is 1. The van der Waals surface area contributed by atoms with Crippen molar-refractivity contribution in [1.82, 2.24) is 14.8 Å². The van der Waals surface area contributed by atoms with Gasteiger partial charge >= 0.3 is 0 Å². The lowest BCUT2D eigenvalue weighted by atomic mass is 10.2. The monoisotopic (exact) mass is 195 g/mol. The van der Waals surface area contributed by atoms with E-state index in [0.717, 1.165) is 11.8 Å². The zero-order valence-electron chi connectivity index (χ0n) is 6.86. The first-order chi connectivity index (χ1) is 6.24. The topological polar surface area (TPSA) is 47.8 Å². The molecule has 0 unspecified atom stereocenters. The summed E-state index contributed by atoms with van der Waals surface area (Å²) >= 11 is 5.82. The molecule has 2 rings (SSSR count). The highest BCUT2D eigenvalue weighted by atomic mass is 35.5. The molecule has 0 spiro atoms. The third-order valence-corrected chi connectivity index (χ3v) is 2.14. The van der Waals surface area contributed by atoms with Crippen molar-refractivity contribution >= 4 is 28.8 Å². The number of aryl methyl sites for hydroxylation is 1. The van der Waals surface area contributed by atoms with Gasteiger partial charge in [0.2, 0.25) is 0 Å². The fraction of sp³-hybridized carbons (Fsp3) is 0.125. The molecule has 0 aliphatic rings. The minimum atomic E-state index is 0.369. The van der Waals surface area contributed by atoms with Crippen molar-refractivity contribution in [3.63, 3.8) is 0 Å². The van der Waals surface area contributed by atoms with Gasteiger partial charge in [0.05, 0.1) is 16.5 Å². The van der Waals surface area contributed by atoms with Gasteiger partial charge < -0.3 is 0 Å². The Morgan fingerprint density at radius 3 is 3.00 bits per heavy atom. The van der Waals surface area contributed by atoms with Crippen LogP contribution >= 0.6 is 11.6 Å². The normalized spacial score (nSPS) is 10.6. The van der Waals surface area contributed by atoms with Gasteiger partial charge in [-0.1, -0.05) is 11.6 Å². The van der Waals surface area contributed by atoms with E-state index in [4.69, 9.17) is 11.6 Å². The van der Waals surface area contributed by atoms with E-state index in [1.807, 2.05) is 0 Å². The van der Waals surface area contributed by atoms with E-state index in [1.54, 1.807) is 17.9 Å². The number of pyridine rings is 1. The molecule has 13 heavy (non-hydrogen) atoms. The first-order valence-electron chi connectivity index (χ1n) is 3.65. The predicted molar refractivity (Wildman–Crippen MR) is 48.9 cm³/mol. The lowest BCUT2D eigenvalue weighted by Crippen LogP contribution is -1.93. The molecule has 0 aliphatic carbocycles. The summed E-state index contributed by atoms with van der Waals surface area (Å²) in [4.78, 5) is 14.5. The minimum absolute atomic E-state index is 0.369. The van der Waals surface area contributed by atoms with Crippen molar-refractivity contribution in [2.75, 3.05) is 0 Å². The zero-order valence-corrected chi connectivity index (χ0v) is 7.62. The average Bonchev–Trinajstić information content (AvgIpc) is 2.43. The fourth-order valence-corrected chi connectivity index (χ4v) is 1.56. The highest BCUT2D eigenvalue weighted by Gasteiger charge is 2.09. The molecule has 4 nitrogen and oxygen atoms in total. The molecule has 5 heteroatoms. The number of nitrogens with zero attached hydrogens (tertiary/aromatic N) is 3. The van der Waals surface area contributed by atoms with Crippen molar-refractivity contribution in [2.24, 2.45) is 7.05 Å².